The number of halogens is 1. The summed E-state index contributed by atoms with van der Waals surface area (Å²) in [6, 6.07) is 14.2. The topological polar surface area (TPSA) is 45.7 Å². The molecular formula is C26H32ClN3O2S2. The minimum Gasteiger partial charge on any atom is -0.379 e. The van der Waals surface area contributed by atoms with Crippen LogP contribution in [0.1, 0.15) is 31.7 Å². The number of para-hydroxylation sites is 1. The third-order valence-corrected chi connectivity index (χ3v) is 8.38. The average molecular weight is 518 g/mol. The van der Waals surface area contributed by atoms with Crippen LogP contribution in [0, 0.1) is 0 Å². The zero-order chi connectivity index (χ0) is 23.8. The van der Waals surface area contributed by atoms with E-state index in [0.717, 1.165) is 78.2 Å². The molecule has 1 aliphatic heterocycles. The molecule has 2 heterocycles. The minimum absolute atomic E-state index is 0.163. The molecule has 3 aromatic rings. The Morgan fingerprint density at radius 1 is 1.18 bits per heavy atom. The molecule has 1 aromatic heterocycles. The van der Waals surface area contributed by atoms with Crippen LogP contribution in [0.3, 0.4) is 0 Å². The molecule has 8 heteroatoms. The number of thioether (sulfide) groups is 1. The number of morpholine rings is 1. The van der Waals surface area contributed by atoms with Crippen molar-refractivity contribution in [3.8, 4) is 0 Å². The van der Waals surface area contributed by atoms with Gasteiger partial charge in [0.15, 0.2) is 5.13 Å². The highest BCUT2D eigenvalue weighted by molar-refractivity contribution is 7.99. The highest BCUT2D eigenvalue weighted by atomic mass is 35.5. The number of carbonyl (C=O) groups is 1. The summed E-state index contributed by atoms with van der Waals surface area (Å²) < 4.78 is 6.61. The minimum atomic E-state index is 0.163. The molecule has 0 spiro atoms. The van der Waals surface area contributed by atoms with Gasteiger partial charge >= 0.3 is 0 Å². The number of aryl methyl sites for hydroxylation is 1. The largest absolute Gasteiger partial charge is 0.379 e. The first-order chi connectivity index (χ1) is 16.6. The van der Waals surface area contributed by atoms with Gasteiger partial charge in [0, 0.05) is 42.5 Å². The molecular weight excluding hydrogens is 486 g/mol. The number of thiazole rings is 1. The molecule has 1 fully saturated rings. The van der Waals surface area contributed by atoms with Crippen molar-refractivity contribution in [2.45, 2.75) is 37.5 Å². The molecule has 1 saturated heterocycles. The zero-order valence-electron chi connectivity index (χ0n) is 19.7. The number of nitrogens with zero attached hydrogens (tertiary/aromatic N) is 3. The van der Waals surface area contributed by atoms with Crippen molar-refractivity contribution in [3.05, 3.63) is 53.1 Å². The monoisotopic (exact) mass is 517 g/mol. The number of carbonyl (C=O) groups excluding carboxylic acids is 1. The van der Waals surface area contributed by atoms with Crippen molar-refractivity contribution in [1.29, 1.82) is 0 Å². The van der Waals surface area contributed by atoms with E-state index in [1.165, 1.54) is 10.5 Å². The third kappa shape index (κ3) is 6.95. The molecule has 0 aliphatic carbocycles. The van der Waals surface area contributed by atoms with E-state index in [9.17, 15) is 4.79 Å². The number of amides is 1. The van der Waals surface area contributed by atoms with Crippen molar-refractivity contribution in [3.63, 3.8) is 0 Å². The van der Waals surface area contributed by atoms with E-state index < -0.39 is 0 Å². The van der Waals surface area contributed by atoms with Gasteiger partial charge in [0.1, 0.15) is 0 Å². The molecule has 5 nitrogen and oxygen atoms in total. The highest BCUT2D eigenvalue weighted by Crippen LogP contribution is 2.32. The fourth-order valence-corrected chi connectivity index (χ4v) is 6.11. The van der Waals surface area contributed by atoms with Crippen molar-refractivity contribution < 1.29 is 9.53 Å². The predicted octanol–water partition coefficient (Wildman–Crippen LogP) is 6.14. The van der Waals surface area contributed by atoms with Crippen LogP contribution in [0.5, 0.6) is 0 Å². The smallest absolute Gasteiger partial charge is 0.228 e. The predicted molar refractivity (Wildman–Crippen MR) is 145 cm³/mol. The van der Waals surface area contributed by atoms with Crippen LogP contribution < -0.4 is 4.90 Å². The number of rotatable bonds is 11. The number of ether oxygens (including phenoxy) is 1. The Labute approximate surface area is 215 Å². The van der Waals surface area contributed by atoms with Crippen LogP contribution in [-0.4, -0.2) is 60.9 Å². The summed E-state index contributed by atoms with van der Waals surface area (Å²) in [6.07, 6.45) is 3.22. The van der Waals surface area contributed by atoms with Crippen molar-refractivity contribution in [2.24, 2.45) is 0 Å². The van der Waals surface area contributed by atoms with Crippen LogP contribution in [-0.2, 0) is 16.0 Å². The first kappa shape index (κ1) is 25.5. The molecule has 0 bridgehead atoms. The molecule has 1 aliphatic rings. The highest BCUT2D eigenvalue weighted by Gasteiger charge is 2.21. The van der Waals surface area contributed by atoms with Crippen LogP contribution in [0.25, 0.3) is 10.2 Å². The first-order valence-electron chi connectivity index (χ1n) is 12.0. The van der Waals surface area contributed by atoms with E-state index in [0.29, 0.717) is 13.0 Å². The molecule has 0 N–H and O–H groups in total. The lowest BCUT2D eigenvalue weighted by molar-refractivity contribution is -0.118. The van der Waals surface area contributed by atoms with Gasteiger partial charge in [0.25, 0.3) is 0 Å². The van der Waals surface area contributed by atoms with Gasteiger partial charge < -0.3 is 4.74 Å². The summed E-state index contributed by atoms with van der Waals surface area (Å²) >= 11 is 9.37. The lowest BCUT2D eigenvalue weighted by atomic mass is 10.1. The number of anilines is 1. The number of hydrogen-bond donors (Lipinski definition) is 0. The summed E-state index contributed by atoms with van der Waals surface area (Å²) in [6.45, 7) is 7.36. The van der Waals surface area contributed by atoms with E-state index >= 15 is 0 Å². The van der Waals surface area contributed by atoms with E-state index in [-0.39, 0.29) is 5.91 Å². The van der Waals surface area contributed by atoms with Crippen molar-refractivity contribution in [1.82, 2.24) is 9.88 Å². The van der Waals surface area contributed by atoms with Gasteiger partial charge in [-0.25, -0.2) is 4.98 Å². The lowest BCUT2D eigenvalue weighted by Crippen LogP contribution is -2.39. The Morgan fingerprint density at radius 2 is 1.97 bits per heavy atom. The van der Waals surface area contributed by atoms with Gasteiger partial charge in [-0.2, -0.15) is 0 Å². The van der Waals surface area contributed by atoms with Gasteiger partial charge in [0.2, 0.25) is 5.91 Å². The summed E-state index contributed by atoms with van der Waals surface area (Å²) in [5.41, 5.74) is 2.27. The summed E-state index contributed by atoms with van der Waals surface area (Å²) in [4.78, 5) is 23.8. The molecule has 4 rings (SSSR count). The normalized spacial score (nSPS) is 14.5. The zero-order valence-corrected chi connectivity index (χ0v) is 22.1. The number of benzene rings is 2. The third-order valence-electron chi connectivity index (χ3n) is 5.98. The molecule has 0 atom stereocenters. The average Bonchev–Trinajstić information content (AvgIpc) is 3.30. The fourth-order valence-electron chi connectivity index (χ4n) is 4.08. The van der Waals surface area contributed by atoms with E-state index in [1.54, 1.807) is 23.1 Å². The van der Waals surface area contributed by atoms with Crippen LogP contribution in [0.4, 0.5) is 5.13 Å². The standard InChI is InChI=1S/C26H32ClN3O2S2/c1-2-20-6-3-7-23-25(20)28-26(34-23)30(14-5-13-29-15-17-32-18-16-29)24(31)8-4-19-33-22-11-9-21(27)10-12-22/h3,6-7,9-12H,2,4-5,8,13-19H2,1H3. The molecule has 182 valence electrons. The van der Waals surface area contributed by atoms with Gasteiger partial charge in [-0.05, 0) is 60.9 Å². The maximum atomic E-state index is 13.3. The Hall–Kier alpha value is -1.64. The van der Waals surface area contributed by atoms with Crippen LogP contribution in [0.2, 0.25) is 5.02 Å². The molecule has 0 radical (unpaired) electrons. The number of aromatic nitrogens is 1. The van der Waals surface area contributed by atoms with E-state index in [2.05, 4.69) is 30.0 Å². The second-order valence-corrected chi connectivity index (χ2v) is 11.0. The Balaban J connectivity index is 1.39. The van der Waals surface area contributed by atoms with Crippen LogP contribution >= 0.6 is 34.7 Å². The van der Waals surface area contributed by atoms with Crippen LogP contribution in [0.15, 0.2) is 47.4 Å². The summed E-state index contributed by atoms with van der Waals surface area (Å²) in [5, 5.41) is 1.57. The molecule has 2 aromatic carbocycles. The SMILES string of the molecule is CCc1cccc2sc(N(CCCN3CCOCC3)C(=O)CCCSc3ccc(Cl)cc3)nc12. The molecule has 0 saturated carbocycles. The second kappa shape index (κ2) is 12.9. The number of hydrogen-bond acceptors (Lipinski definition) is 6. The Kier molecular flexibility index (Phi) is 9.65. The Bertz CT molecular complexity index is 1070. The van der Waals surface area contributed by atoms with E-state index in [4.69, 9.17) is 21.3 Å². The lowest BCUT2D eigenvalue weighted by Gasteiger charge is -2.27. The summed E-state index contributed by atoms with van der Waals surface area (Å²) in [5.74, 6) is 1.06. The molecule has 1 amide bonds. The number of fused-ring (bicyclic) bond motifs is 1. The van der Waals surface area contributed by atoms with Gasteiger partial charge in [-0.1, -0.05) is 42.0 Å². The second-order valence-electron chi connectivity index (χ2n) is 8.37. The van der Waals surface area contributed by atoms with Gasteiger partial charge in [0.05, 0.1) is 23.4 Å². The first-order valence-corrected chi connectivity index (χ1v) is 14.2. The quantitative estimate of drug-likeness (QED) is 0.226. The van der Waals surface area contributed by atoms with Gasteiger partial charge in [-0.15, -0.1) is 11.8 Å². The maximum absolute atomic E-state index is 13.3. The molecule has 34 heavy (non-hydrogen) atoms. The van der Waals surface area contributed by atoms with Gasteiger partial charge in [-0.3, -0.25) is 14.6 Å². The Morgan fingerprint density at radius 3 is 2.74 bits per heavy atom. The van der Waals surface area contributed by atoms with E-state index in [1.807, 2.05) is 29.2 Å². The van der Waals surface area contributed by atoms with Crippen molar-refractivity contribution >= 4 is 56.0 Å². The fraction of sp³-hybridized carbons (Fsp3) is 0.462. The summed E-state index contributed by atoms with van der Waals surface area (Å²) in [7, 11) is 0. The van der Waals surface area contributed by atoms with Crippen molar-refractivity contribution in [2.75, 3.05) is 50.0 Å². The maximum Gasteiger partial charge on any atom is 0.228 e. The molecule has 0 unspecified atom stereocenters.